The van der Waals surface area contributed by atoms with E-state index in [1.807, 2.05) is 0 Å². The third-order valence-electron chi connectivity index (χ3n) is 2.06. The Morgan fingerprint density at radius 3 is 2.22 bits per heavy atom. The van der Waals surface area contributed by atoms with Crippen LogP contribution in [-0.2, 0) is 19.1 Å². The number of allylic oxidation sites excluding steroid dienone is 2. The number of esters is 1. The van der Waals surface area contributed by atoms with Gasteiger partial charge >= 0.3 is 17.9 Å². The first-order valence-electron chi connectivity index (χ1n) is 4.89. The first-order chi connectivity index (χ1) is 8.29. The molecular weight excluding hydrogens is 240 g/mol. The minimum atomic E-state index is -1.21. The van der Waals surface area contributed by atoms with Gasteiger partial charge in [-0.25, -0.2) is 14.4 Å². The maximum Gasteiger partial charge on any atom is 0.334 e. The maximum absolute atomic E-state index is 11.3. The number of rotatable bonds is 6. The van der Waals surface area contributed by atoms with E-state index in [1.54, 1.807) is 0 Å². The van der Waals surface area contributed by atoms with Crippen molar-refractivity contribution in [2.75, 3.05) is 7.11 Å². The molecule has 0 aromatic heterocycles. The Bertz CT molecular complexity index is 430. The molecule has 0 aromatic carbocycles. The second kappa shape index (κ2) is 7.05. The molecule has 0 aliphatic carbocycles. The van der Waals surface area contributed by atoms with Crippen LogP contribution < -0.4 is 0 Å². The van der Waals surface area contributed by atoms with Crippen molar-refractivity contribution in [3.8, 4) is 0 Å². The number of hydrogen-bond donors (Lipinski definition) is 2. The van der Waals surface area contributed by atoms with Crippen molar-refractivity contribution in [2.45, 2.75) is 6.92 Å². The minimum Gasteiger partial charge on any atom is -0.478 e. The third-order valence-corrected chi connectivity index (χ3v) is 2.06. The highest BCUT2D eigenvalue weighted by Crippen LogP contribution is 2.16. The minimum absolute atomic E-state index is 0.0277. The molecule has 1 atom stereocenters. The van der Waals surface area contributed by atoms with Crippen LogP contribution in [0.3, 0.4) is 0 Å². The van der Waals surface area contributed by atoms with E-state index in [4.69, 9.17) is 10.2 Å². The van der Waals surface area contributed by atoms with Crippen LogP contribution in [0.25, 0.3) is 0 Å². The highest BCUT2D eigenvalue weighted by atomic mass is 16.5. The summed E-state index contributed by atoms with van der Waals surface area (Å²) >= 11 is 0. The molecule has 0 saturated carbocycles. The molecule has 6 heteroatoms. The summed E-state index contributed by atoms with van der Waals surface area (Å²) in [7, 11) is 1.15. The van der Waals surface area contributed by atoms with Gasteiger partial charge in [-0.05, 0) is 6.92 Å². The van der Waals surface area contributed by atoms with Crippen molar-refractivity contribution >= 4 is 17.9 Å². The molecule has 0 bridgehead atoms. The molecule has 0 aliphatic heterocycles. The fourth-order valence-electron chi connectivity index (χ4n) is 1.07. The van der Waals surface area contributed by atoms with E-state index in [0.717, 1.165) is 19.3 Å². The molecule has 0 rings (SSSR count). The molecule has 0 radical (unpaired) electrons. The molecule has 0 fully saturated rings. The molecule has 0 spiro atoms. The van der Waals surface area contributed by atoms with Crippen molar-refractivity contribution in [3.63, 3.8) is 0 Å². The zero-order valence-electron chi connectivity index (χ0n) is 10.0. The Kier molecular flexibility index (Phi) is 6.12. The zero-order valence-corrected chi connectivity index (χ0v) is 10.0. The van der Waals surface area contributed by atoms with Gasteiger partial charge in [0.25, 0.3) is 0 Å². The molecule has 0 aliphatic rings. The second-order valence-corrected chi connectivity index (χ2v) is 3.39. The highest BCUT2D eigenvalue weighted by molar-refractivity contribution is 5.91. The lowest BCUT2D eigenvalue weighted by Crippen LogP contribution is -2.12. The average molecular weight is 254 g/mol. The van der Waals surface area contributed by atoms with Gasteiger partial charge in [-0.2, -0.15) is 0 Å². The van der Waals surface area contributed by atoms with Crippen molar-refractivity contribution < 1.29 is 29.3 Å². The molecule has 0 heterocycles. The van der Waals surface area contributed by atoms with Crippen molar-refractivity contribution in [2.24, 2.45) is 5.92 Å². The average Bonchev–Trinajstić information content (AvgIpc) is 2.31. The van der Waals surface area contributed by atoms with Crippen LogP contribution >= 0.6 is 0 Å². The molecule has 0 amide bonds. The fourth-order valence-corrected chi connectivity index (χ4v) is 1.07. The van der Waals surface area contributed by atoms with Gasteiger partial charge < -0.3 is 14.9 Å². The van der Waals surface area contributed by atoms with E-state index >= 15 is 0 Å². The van der Waals surface area contributed by atoms with E-state index < -0.39 is 23.8 Å². The number of aliphatic carboxylic acids is 2. The summed E-state index contributed by atoms with van der Waals surface area (Å²) in [6, 6.07) is 0. The first kappa shape index (κ1) is 15.6. The lowest BCUT2D eigenvalue weighted by Gasteiger charge is -2.10. The lowest BCUT2D eigenvalue weighted by atomic mass is 9.97. The van der Waals surface area contributed by atoms with E-state index in [0.29, 0.717) is 0 Å². The normalized spacial score (nSPS) is 13.1. The fraction of sp³-hybridized carbons (Fsp3) is 0.250. The number of methoxy groups -OCH3 is 1. The van der Waals surface area contributed by atoms with Crippen LogP contribution in [0.5, 0.6) is 0 Å². The Morgan fingerprint density at radius 2 is 1.83 bits per heavy atom. The Hall–Kier alpha value is -2.37. The van der Waals surface area contributed by atoms with Gasteiger partial charge in [-0.3, -0.25) is 0 Å². The zero-order chi connectivity index (χ0) is 14.3. The van der Waals surface area contributed by atoms with Crippen molar-refractivity contribution in [3.05, 3.63) is 36.0 Å². The Balaban J connectivity index is 5.25. The van der Waals surface area contributed by atoms with Gasteiger partial charge in [0.05, 0.1) is 7.11 Å². The molecule has 0 saturated heterocycles. The van der Waals surface area contributed by atoms with Crippen LogP contribution in [0.1, 0.15) is 6.92 Å². The van der Waals surface area contributed by atoms with Crippen LogP contribution in [0, 0.1) is 5.92 Å². The van der Waals surface area contributed by atoms with Gasteiger partial charge in [0, 0.05) is 23.1 Å². The van der Waals surface area contributed by atoms with Crippen LogP contribution in [-0.4, -0.2) is 35.2 Å². The molecule has 1 unspecified atom stereocenters. The lowest BCUT2D eigenvalue weighted by molar-refractivity contribution is -0.136. The summed E-state index contributed by atoms with van der Waals surface area (Å²) in [4.78, 5) is 32.4. The SMILES string of the molecule is C=C(C(=O)OC)C(C=CC(=O)O)C=C(C)C(=O)O. The standard InChI is InChI=1S/C12H14O6/c1-7(11(15)16)6-9(4-5-10(13)14)8(2)12(17)18-3/h4-6,9H,2H2,1,3H3,(H,13,14)(H,15,16). The number of carboxylic acid groups (broad SMARTS) is 2. The van der Waals surface area contributed by atoms with E-state index in [1.165, 1.54) is 13.0 Å². The summed E-state index contributed by atoms with van der Waals surface area (Å²) in [5.74, 6) is -3.95. The maximum atomic E-state index is 11.3. The third kappa shape index (κ3) is 5.11. The van der Waals surface area contributed by atoms with E-state index in [2.05, 4.69) is 11.3 Å². The van der Waals surface area contributed by atoms with Crippen LogP contribution in [0.15, 0.2) is 36.0 Å². The first-order valence-corrected chi connectivity index (χ1v) is 4.89. The summed E-state index contributed by atoms with van der Waals surface area (Å²) < 4.78 is 4.45. The van der Waals surface area contributed by atoms with Crippen LogP contribution in [0.4, 0.5) is 0 Å². The molecule has 6 nitrogen and oxygen atoms in total. The van der Waals surface area contributed by atoms with Gasteiger partial charge in [0.1, 0.15) is 0 Å². The predicted octanol–water partition coefficient (Wildman–Crippen LogP) is 1.00. The molecule has 18 heavy (non-hydrogen) atoms. The monoisotopic (exact) mass is 254 g/mol. The summed E-state index contributed by atoms with van der Waals surface area (Å²) in [6.07, 6.45) is 3.19. The quantitative estimate of drug-likeness (QED) is 0.541. The summed E-state index contributed by atoms with van der Waals surface area (Å²) in [5.41, 5.74) is -0.0734. The van der Waals surface area contributed by atoms with E-state index in [-0.39, 0.29) is 11.1 Å². The second-order valence-electron chi connectivity index (χ2n) is 3.39. The number of ether oxygens (including phenoxy) is 1. The van der Waals surface area contributed by atoms with Crippen molar-refractivity contribution in [1.82, 2.24) is 0 Å². The predicted molar refractivity (Wildman–Crippen MR) is 62.8 cm³/mol. The number of carbonyl (C=O) groups is 3. The van der Waals surface area contributed by atoms with Crippen molar-refractivity contribution in [1.29, 1.82) is 0 Å². The molecule has 2 N–H and O–H groups in total. The smallest absolute Gasteiger partial charge is 0.334 e. The summed E-state index contributed by atoms with van der Waals surface area (Å²) in [5, 5.41) is 17.2. The van der Waals surface area contributed by atoms with Gasteiger partial charge in [0.15, 0.2) is 0 Å². The Labute approximate surface area is 104 Å². The Morgan fingerprint density at radius 1 is 1.28 bits per heavy atom. The number of carboxylic acids is 2. The molecule has 0 aromatic rings. The van der Waals surface area contributed by atoms with Crippen LogP contribution in [0.2, 0.25) is 0 Å². The molecular formula is C12H14O6. The number of carbonyl (C=O) groups excluding carboxylic acids is 1. The number of hydrogen-bond acceptors (Lipinski definition) is 4. The van der Waals surface area contributed by atoms with Gasteiger partial charge in [-0.15, -0.1) is 0 Å². The highest BCUT2D eigenvalue weighted by Gasteiger charge is 2.17. The van der Waals surface area contributed by atoms with E-state index in [9.17, 15) is 14.4 Å². The summed E-state index contributed by atoms with van der Waals surface area (Å²) in [6.45, 7) is 4.79. The topological polar surface area (TPSA) is 101 Å². The van der Waals surface area contributed by atoms with Gasteiger partial charge in [0.2, 0.25) is 0 Å². The largest absolute Gasteiger partial charge is 0.478 e. The van der Waals surface area contributed by atoms with Gasteiger partial charge in [-0.1, -0.05) is 18.7 Å². The molecule has 98 valence electrons.